The van der Waals surface area contributed by atoms with Gasteiger partial charge in [-0.15, -0.1) is 0 Å². The topological polar surface area (TPSA) is 67.9 Å². The zero-order valence-corrected chi connectivity index (χ0v) is 19.2. The fourth-order valence-corrected chi connectivity index (χ4v) is 4.23. The first-order chi connectivity index (χ1) is 15.0. The van der Waals surface area contributed by atoms with E-state index in [2.05, 4.69) is 21.2 Å². The molecule has 2 atom stereocenters. The van der Waals surface area contributed by atoms with Gasteiger partial charge in [-0.05, 0) is 62.1 Å². The number of rotatable bonds is 6. The van der Waals surface area contributed by atoms with Crippen LogP contribution < -0.4 is 15.0 Å². The lowest BCUT2D eigenvalue weighted by Gasteiger charge is -2.23. The van der Waals surface area contributed by atoms with Gasteiger partial charge in [-0.2, -0.15) is 0 Å². The van der Waals surface area contributed by atoms with E-state index in [1.807, 2.05) is 49.4 Å². The molecule has 2 aromatic rings. The van der Waals surface area contributed by atoms with Gasteiger partial charge in [0, 0.05) is 29.7 Å². The first-order valence-electron chi connectivity index (χ1n) is 10.7. The maximum atomic E-state index is 12.9. The Labute approximate surface area is 191 Å². The quantitative estimate of drug-likeness (QED) is 0.642. The molecule has 2 heterocycles. The van der Waals surface area contributed by atoms with Gasteiger partial charge in [0.15, 0.2) is 0 Å². The summed E-state index contributed by atoms with van der Waals surface area (Å²) in [6, 6.07) is 13.2. The van der Waals surface area contributed by atoms with Crippen molar-refractivity contribution in [2.24, 2.45) is 5.92 Å². The van der Waals surface area contributed by atoms with E-state index in [1.165, 1.54) is 0 Å². The molecule has 0 spiro atoms. The van der Waals surface area contributed by atoms with Gasteiger partial charge in [-0.1, -0.05) is 28.1 Å². The average Bonchev–Trinajstić information content (AvgIpc) is 3.17. The summed E-state index contributed by atoms with van der Waals surface area (Å²) in [4.78, 5) is 27.2. The summed E-state index contributed by atoms with van der Waals surface area (Å²) in [5, 5.41) is 2.96. The Balaban J connectivity index is 1.39. The summed E-state index contributed by atoms with van der Waals surface area (Å²) >= 11 is 3.48. The number of anilines is 2. The molecule has 2 aliphatic rings. The number of aryl methyl sites for hydroxylation is 1. The van der Waals surface area contributed by atoms with Crippen LogP contribution in [0, 0.1) is 12.8 Å². The Morgan fingerprint density at radius 1 is 1.26 bits per heavy atom. The lowest BCUT2D eigenvalue weighted by Crippen LogP contribution is -2.28. The fraction of sp³-hybridized carbons (Fsp3) is 0.417. The van der Waals surface area contributed by atoms with E-state index in [0.29, 0.717) is 24.6 Å². The molecule has 7 heteroatoms. The largest absolute Gasteiger partial charge is 0.489 e. The van der Waals surface area contributed by atoms with Crippen LogP contribution in [0.3, 0.4) is 0 Å². The Kier molecular flexibility index (Phi) is 6.92. The van der Waals surface area contributed by atoms with Gasteiger partial charge in [0.25, 0.3) is 0 Å². The number of carbonyl (C=O) groups excluding carboxylic acids is 2. The fourth-order valence-electron chi connectivity index (χ4n) is 3.98. The van der Waals surface area contributed by atoms with Gasteiger partial charge in [0.2, 0.25) is 11.8 Å². The first kappa shape index (κ1) is 21.8. The monoisotopic (exact) mass is 486 g/mol. The molecule has 1 N–H and O–H groups in total. The number of benzene rings is 2. The van der Waals surface area contributed by atoms with E-state index < -0.39 is 5.92 Å². The third kappa shape index (κ3) is 5.28. The molecule has 2 aliphatic heterocycles. The molecule has 2 fully saturated rings. The van der Waals surface area contributed by atoms with Crippen LogP contribution in [0.4, 0.5) is 11.4 Å². The van der Waals surface area contributed by atoms with Gasteiger partial charge in [0.1, 0.15) is 12.4 Å². The minimum Gasteiger partial charge on any atom is -0.489 e. The number of carbonyl (C=O) groups is 2. The molecule has 0 aliphatic carbocycles. The van der Waals surface area contributed by atoms with Gasteiger partial charge < -0.3 is 19.7 Å². The van der Waals surface area contributed by atoms with Crippen molar-refractivity contribution >= 4 is 39.1 Å². The SMILES string of the molecule is Cc1cc(N2CC(C(=O)Nc3ccccc3OCC3CCCCO3)CC2=O)ccc1Br. The second-order valence-electron chi connectivity index (χ2n) is 8.12. The molecule has 0 aromatic heterocycles. The van der Waals surface area contributed by atoms with Gasteiger partial charge in [-0.3, -0.25) is 9.59 Å². The number of nitrogens with zero attached hydrogens (tertiary/aromatic N) is 1. The van der Waals surface area contributed by atoms with Crippen LogP contribution in [0.5, 0.6) is 5.75 Å². The minimum absolute atomic E-state index is 0.0409. The predicted octanol–water partition coefficient (Wildman–Crippen LogP) is 4.70. The zero-order valence-electron chi connectivity index (χ0n) is 17.6. The number of hydrogen-bond donors (Lipinski definition) is 1. The van der Waals surface area contributed by atoms with E-state index in [4.69, 9.17) is 9.47 Å². The van der Waals surface area contributed by atoms with Crippen molar-refractivity contribution in [2.75, 3.05) is 30.0 Å². The minimum atomic E-state index is -0.411. The van der Waals surface area contributed by atoms with E-state index in [0.717, 1.165) is 41.6 Å². The Morgan fingerprint density at radius 3 is 2.87 bits per heavy atom. The van der Waals surface area contributed by atoms with Crippen molar-refractivity contribution in [3.05, 3.63) is 52.5 Å². The number of ether oxygens (including phenoxy) is 2. The van der Waals surface area contributed by atoms with Crippen LogP contribution in [-0.2, 0) is 14.3 Å². The Hall–Kier alpha value is -2.38. The van der Waals surface area contributed by atoms with Crippen LogP contribution in [0.25, 0.3) is 0 Å². The summed E-state index contributed by atoms with van der Waals surface area (Å²) in [5.74, 6) is -0.00331. The molecule has 0 bridgehead atoms. The molecule has 2 amide bonds. The van der Waals surface area contributed by atoms with E-state index in [9.17, 15) is 9.59 Å². The first-order valence-corrected chi connectivity index (χ1v) is 11.5. The number of amides is 2. The van der Waals surface area contributed by atoms with Crippen molar-refractivity contribution in [3.63, 3.8) is 0 Å². The lowest BCUT2D eigenvalue weighted by atomic mass is 10.1. The lowest BCUT2D eigenvalue weighted by molar-refractivity contribution is -0.122. The smallest absolute Gasteiger partial charge is 0.229 e. The molecule has 31 heavy (non-hydrogen) atoms. The molecule has 4 rings (SSSR count). The van der Waals surface area contributed by atoms with Gasteiger partial charge in [-0.25, -0.2) is 0 Å². The third-order valence-electron chi connectivity index (χ3n) is 5.79. The van der Waals surface area contributed by atoms with E-state index in [1.54, 1.807) is 4.90 Å². The van der Waals surface area contributed by atoms with E-state index >= 15 is 0 Å². The standard InChI is InChI=1S/C24H27BrN2O4/c1-16-12-18(9-10-20(16)25)27-14-17(13-23(27)28)24(29)26-21-7-2-3-8-22(21)31-15-19-6-4-5-11-30-19/h2-3,7-10,12,17,19H,4-6,11,13-15H2,1H3,(H,26,29). The van der Waals surface area contributed by atoms with Crippen LogP contribution in [0.1, 0.15) is 31.2 Å². The van der Waals surface area contributed by atoms with Crippen molar-refractivity contribution in [1.29, 1.82) is 0 Å². The Bertz CT molecular complexity index is 958. The number of nitrogens with one attached hydrogen (secondary N) is 1. The molecule has 6 nitrogen and oxygen atoms in total. The molecular weight excluding hydrogens is 460 g/mol. The highest BCUT2D eigenvalue weighted by Crippen LogP contribution is 2.30. The normalized spacial score (nSPS) is 21.2. The van der Waals surface area contributed by atoms with Gasteiger partial charge in [0.05, 0.1) is 17.7 Å². The average molecular weight is 487 g/mol. The van der Waals surface area contributed by atoms with Crippen molar-refractivity contribution < 1.29 is 19.1 Å². The number of hydrogen-bond acceptors (Lipinski definition) is 4. The van der Waals surface area contributed by atoms with Crippen LogP contribution in [-0.4, -0.2) is 37.7 Å². The third-order valence-corrected chi connectivity index (χ3v) is 6.68. The summed E-state index contributed by atoms with van der Waals surface area (Å²) in [5.41, 5.74) is 2.48. The molecule has 2 aromatic carbocycles. The summed E-state index contributed by atoms with van der Waals surface area (Å²) in [6.45, 7) is 3.58. The maximum absolute atomic E-state index is 12.9. The van der Waals surface area contributed by atoms with Crippen molar-refractivity contribution in [3.8, 4) is 5.75 Å². The highest BCUT2D eigenvalue weighted by atomic mass is 79.9. The highest BCUT2D eigenvalue weighted by molar-refractivity contribution is 9.10. The van der Waals surface area contributed by atoms with Crippen LogP contribution in [0.2, 0.25) is 0 Å². The van der Waals surface area contributed by atoms with E-state index in [-0.39, 0.29) is 24.3 Å². The maximum Gasteiger partial charge on any atom is 0.229 e. The molecule has 0 saturated carbocycles. The summed E-state index contributed by atoms with van der Waals surface area (Å²) in [7, 11) is 0. The summed E-state index contributed by atoms with van der Waals surface area (Å²) in [6.07, 6.45) is 3.52. The van der Waals surface area contributed by atoms with Crippen LogP contribution in [0.15, 0.2) is 46.9 Å². The molecule has 0 radical (unpaired) electrons. The number of para-hydroxylation sites is 2. The predicted molar refractivity (Wildman–Crippen MR) is 123 cm³/mol. The summed E-state index contributed by atoms with van der Waals surface area (Å²) < 4.78 is 12.7. The highest BCUT2D eigenvalue weighted by Gasteiger charge is 2.35. The molecule has 164 valence electrons. The molecule has 2 unspecified atom stereocenters. The molecular formula is C24H27BrN2O4. The zero-order chi connectivity index (χ0) is 21.8. The molecule has 2 saturated heterocycles. The second-order valence-corrected chi connectivity index (χ2v) is 8.98. The second kappa shape index (κ2) is 9.83. The van der Waals surface area contributed by atoms with Crippen LogP contribution >= 0.6 is 15.9 Å². The Morgan fingerprint density at radius 2 is 2.10 bits per heavy atom. The van der Waals surface area contributed by atoms with Crippen molar-refractivity contribution in [2.45, 2.75) is 38.7 Å². The van der Waals surface area contributed by atoms with Gasteiger partial charge >= 0.3 is 0 Å². The van der Waals surface area contributed by atoms with Crippen molar-refractivity contribution in [1.82, 2.24) is 0 Å². The number of halogens is 1.